The predicted molar refractivity (Wildman–Crippen MR) is 65.8 cm³/mol. The quantitative estimate of drug-likeness (QED) is 0.909. The second kappa shape index (κ2) is 4.99. The number of aryl methyl sites for hydroxylation is 1. The standard InChI is InChI=1S/C11H13ClN2OS/c1-7-5-9(15-14-7)6-13-8(2)10-3-4-11(12)16-10/h3-5,8,13H,6H2,1-2H3. The number of rotatable bonds is 4. The molecular weight excluding hydrogens is 244 g/mol. The smallest absolute Gasteiger partial charge is 0.150 e. The summed E-state index contributed by atoms with van der Waals surface area (Å²) >= 11 is 7.48. The maximum absolute atomic E-state index is 5.89. The van der Waals surface area contributed by atoms with Gasteiger partial charge in [0.1, 0.15) is 0 Å². The summed E-state index contributed by atoms with van der Waals surface area (Å²) in [4.78, 5) is 1.22. The van der Waals surface area contributed by atoms with Gasteiger partial charge in [-0.25, -0.2) is 0 Å². The zero-order valence-electron chi connectivity index (χ0n) is 9.16. The SMILES string of the molecule is Cc1cc(CNC(C)c2ccc(Cl)s2)on1. The van der Waals surface area contributed by atoms with Gasteiger partial charge in [0.05, 0.1) is 16.6 Å². The van der Waals surface area contributed by atoms with Gasteiger partial charge in [-0.3, -0.25) is 0 Å². The molecule has 2 aromatic rings. The molecule has 86 valence electrons. The highest BCUT2D eigenvalue weighted by Gasteiger charge is 2.09. The van der Waals surface area contributed by atoms with Gasteiger partial charge in [-0.2, -0.15) is 0 Å². The van der Waals surface area contributed by atoms with E-state index in [1.54, 1.807) is 11.3 Å². The van der Waals surface area contributed by atoms with Gasteiger partial charge in [0.2, 0.25) is 0 Å². The lowest BCUT2D eigenvalue weighted by molar-refractivity contribution is 0.363. The third kappa shape index (κ3) is 2.84. The molecule has 0 spiro atoms. The molecule has 3 nitrogen and oxygen atoms in total. The van der Waals surface area contributed by atoms with Crippen LogP contribution in [0.3, 0.4) is 0 Å². The van der Waals surface area contributed by atoms with Crippen LogP contribution in [0.1, 0.15) is 29.3 Å². The van der Waals surface area contributed by atoms with Gasteiger partial charge in [0.15, 0.2) is 5.76 Å². The second-order valence-corrected chi connectivity index (χ2v) is 5.43. The molecule has 0 aromatic carbocycles. The van der Waals surface area contributed by atoms with E-state index in [1.807, 2.05) is 25.1 Å². The van der Waals surface area contributed by atoms with Gasteiger partial charge in [0, 0.05) is 17.0 Å². The molecule has 5 heteroatoms. The van der Waals surface area contributed by atoms with E-state index in [4.69, 9.17) is 16.1 Å². The van der Waals surface area contributed by atoms with Crippen molar-refractivity contribution in [2.75, 3.05) is 0 Å². The van der Waals surface area contributed by atoms with Crippen LogP contribution in [0, 0.1) is 6.92 Å². The van der Waals surface area contributed by atoms with Gasteiger partial charge in [-0.15, -0.1) is 11.3 Å². The number of halogens is 1. The molecule has 2 rings (SSSR count). The number of hydrogen-bond donors (Lipinski definition) is 1. The Kier molecular flexibility index (Phi) is 3.63. The molecule has 16 heavy (non-hydrogen) atoms. The largest absolute Gasteiger partial charge is 0.360 e. The Morgan fingerprint density at radius 2 is 2.38 bits per heavy atom. The van der Waals surface area contributed by atoms with Gasteiger partial charge >= 0.3 is 0 Å². The molecule has 0 aliphatic carbocycles. The maximum Gasteiger partial charge on any atom is 0.150 e. The molecular formula is C11H13ClN2OS. The van der Waals surface area contributed by atoms with E-state index in [0.29, 0.717) is 6.54 Å². The first-order valence-electron chi connectivity index (χ1n) is 5.06. The van der Waals surface area contributed by atoms with E-state index in [0.717, 1.165) is 15.8 Å². The van der Waals surface area contributed by atoms with Crippen molar-refractivity contribution in [1.82, 2.24) is 10.5 Å². The fraction of sp³-hybridized carbons (Fsp3) is 0.364. The highest BCUT2D eigenvalue weighted by atomic mass is 35.5. The molecule has 0 saturated carbocycles. The number of hydrogen-bond acceptors (Lipinski definition) is 4. The summed E-state index contributed by atoms with van der Waals surface area (Å²) < 4.78 is 5.94. The van der Waals surface area contributed by atoms with E-state index in [2.05, 4.69) is 17.4 Å². The normalized spacial score (nSPS) is 12.9. The van der Waals surface area contributed by atoms with E-state index in [1.165, 1.54) is 4.88 Å². The molecule has 2 heterocycles. The van der Waals surface area contributed by atoms with E-state index >= 15 is 0 Å². The van der Waals surface area contributed by atoms with E-state index in [-0.39, 0.29) is 6.04 Å². The van der Waals surface area contributed by atoms with Crippen molar-refractivity contribution in [2.45, 2.75) is 26.4 Å². The van der Waals surface area contributed by atoms with Crippen LogP contribution < -0.4 is 5.32 Å². The van der Waals surface area contributed by atoms with E-state index in [9.17, 15) is 0 Å². The molecule has 0 aliphatic rings. The fourth-order valence-electron chi connectivity index (χ4n) is 1.41. The monoisotopic (exact) mass is 256 g/mol. The Balaban J connectivity index is 1.91. The van der Waals surface area contributed by atoms with Crippen LogP contribution in [0.4, 0.5) is 0 Å². The van der Waals surface area contributed by atoms with Crippen molar-refractivity contribution in [1.29, 1.82) is 0 Å². The average Bonchev–Trinajstić information content (AvgIpc) is 2.84. The Bertz CT molecular complexity index is 466. The molecule has 1 atom stereocenters. The molecule has 0 amide bonds. The Morgan fingerprint density at radius 3 is 2.94 bits per heavy atom. The summed E-state index contributed by atoms with van der Waals surface area (Å²) in [6, 6.07) is 6.15. The summed E-state index contributed by atoms with van der Waals surface area (Å²) in [5, 5.41) is 7.20. The third-order valence-corrected chi connectivity index (χ3v) is 3.69. The molecule has 1 N–H and O–H groups in total. The lowest BCUT2D eigenvalue weighted by Gasteiger charge is -2.09. The molecule has 0 fully saturated rings. The van der Waals surface area contributed by atoms with Crippen LogP contribution in [0.2, 0.25) is 4.34 Å². The summed E-state index contributed by atoms with van der Waals surface area (Å²) in [5.74, 6) is 0.854. The first-order valence-corrected chi connectivity index (χ1v) is 6.25. The Hall–Kier alpha value is -0.840. The minimum atomic E-state index is 0.267. The summed E-state index contributed by atoms with van der Waals surface area (Å²) in [6.07, 6.45) is 0. The van der Waals surface area contributed by atoms with Crippen LogP contribution in [0.15, 0.2) is 22.7 Å². The Morgan fingerprint density at radius 1 is 1.56 bits per heavy atom. The second-order valence-electron chi connectivity index (χ2n) is 3.68. The van der Waals surface area contributed by atoms with Crippen LogP contribution in [0.25, 0.3) is 0 Å². The third-order valence-electron chi connectivity index (χ3n) is 2.28. The number of aromatic nitrogens is 1. The molecule has 0 aliphatic heterocycles. The van der Waals surface area contributed by atoms with Crippen molar-refractivity contribution >= 4 is 22.9 Å². The fourth-order valence-corrected chi connectivity index (χ4v) is 2.50. The zero-order valence-corrected chi connectivity index (χ0v) is 10.7. The van der Waals surface area contributed by atoms with Crippen molar-refractivity contribution < 1.29 is 4.52 Å². The Labute approximate surface area is 103 Å². The van der Waals surface area contributed by atoms with Gasteiger partial charge < -0.3 is 9.84 Å². The summed E-state index contributed by atoms with van der Waals surface area (Å²) in [5.41, 5.74) is 0.906. The first-order chi connectivity index (χ1) is 7.65. The highest BCUT2D eigenvalue weighted by molar-refractivity contribution is 7.16. The molecule has 0 saturated heterocycles. The minimum Gasteiger partial charge on any atom is -0.360 e. The van der Waals surface area contributed by atoms with Crippen LogP contribution in [-0.2, 0) is 6.54 Å². The van der Waals surface area contributed by atoms with E-state index < -0.39 is 0 Å². The molecule has 1 unspecified atom stereocenters. The van der Waals surface area contributed by atoms with Gasteiger partial charge in [-0.1, -0.05) is 16.8 Å². The number of nitrogens with one attached hydrogen (secondary N) is 1. The minimum absolute atomic E-state index is 0.267. The van der Waals surface area contributed by atoms with Crippen molar-refractivity contribution in [3.05, 3.63) is 38.9 Å². The van der Waals surface area contributed by atoms with Gasteiger partial charge in [0.25, 0.3) is 0 Å². The highest BCUT2D eigenvalue weighted by Crippen LogP contribution is 2.26. The lowest BCUT2D eigenvalue weighted by Crippen LogP contribution is -2.16. The van der Waals surface area contributed by atoms with Crippen LogP contribution in [0.5, 0.6) is 0 Å². The predicted octanol–water partition coefficient (Wildman–Crippen LogP) is 3.55. The van der Waals surface area contributed by atoms with Crippen molar-refractivity contribution in [3.63, 3.8) is 0 Å². The summed E-state index contributed by atoms with van der Waals surface area (Å²) in [7, 11) is 0. The molecule has 2 aromatic heterocycles. The zero-order chi connectivity index (χ0) is 11.5. The van der Waals surface area contributed by atoms with Crippen LogP contribution >= 0.6 is 22.9 Å². The van der Waals surface area contributed by atoms with Gasteiger partial charge in [-0.05, 0) is 26.0 Å². The topological polar surface area (TPSA) is 38.1 Å². The molecule has 0 bridgehead atoms. The maximum atomic E-state index is 5.89. The lowest BCUT2D eigenvalue weighted by atomic mass is 10.2. The average molecular weight is 257 g/mol. The van der Waals surface area contributed by atoms with Crippen molar-refractivity contribution in [2.24, 2.45) is 0 Å². The number of nitrogens with zero attached hydrogens (tertiary/aromatic N) is 1. The molecule has 0 radical (unpaired) electrons. The summed E-state index contributed by atoms with van der Waals surface area (Å²) in [6.45, 7) is 4.69. The van der Waals surface area contributed by atoms with Crippen molar-refractivity contribution in [3.8, 4) is 0 Å². The number of thiophene rings is 1. The van der Waals surface area contributed by atoms with Crippen LogP contribution in [-0.4, -0.2) is 5.16 Å². The first kappa shape index (κ1) is 11.6.